The molecule has 0 aromatic carbocycles. The number of carbonyl (C=O) groups is 3. The van der Waals surface area contributed by atoms with E-state index in [0.717, 1.165) is 0 Å². The number of Topliss-reactive ketones (excluding diaryl/α,β-unsaturated/α-hetero) is 2. The Hall–Kier alpha value is -1.73. The van der Waals surface area contributed by atoms with Gasteiger partial charge in [-0.3, -0.25) is 14.4 Å². The zero-order valence-corrected chi connectivity index (χ0v) is 13.2. The fraction of sp³-hybridized carbons (Fsp3) is 0.0714. The predicted octanol–water partition coefficient (Wildman–Crippen LogP) is 3.15. The molecule has 0 aliphatic heterocycles. The first kappa shape index (κ1) is 14.2. The van der Waals surface area contributed by atoms with E-state index in [1.807, 2.05) is 0 Å². The molecule has 2 aromatic heterocycles. The second-order valence-electron chi connectivity index (χ2n) is 4.37. The smallest absolute Gasteiger partial charge is 0.236 e. The molecule has 1 aliphatic rings. The largest absolute Gasteiger partial charge is 0.462 e. The number of carbonyl (C=O) groups excluding carboxylic acids is 3. The minimum atomic E-state index is -0.714. The number of hydrogen-bond acceptors (Lipinski definition) is 5. The normalized spacial score (nSPS) is 14.4. The van der Waals surface area contributed by atoms with E-state index in [9.17, 15) is 14.4 Å². The summed E-state index contributed by atoms with van der Waals surface area (Å²) in [6.45, 7) is 1.66. The van der Waals surface area contributed by atoms with Gasteiger partial charge >= 0.3 is 0 Å². The molecular formula is C14H7BBrO4S. The molecule has 2 heterocycles. The van der Waals surface area contributed by atoms with Crippen molar-refractivity contribution in [1.29, 1.82) is 0 Å². The van der Waals surface area contributed by atoms with Gasteiger partial charge in [0.25, 0.3) is 0 Å². The second kappa shape index (κ2) is 5.24. The first-order valence-corrected chi connectivity index (χ1v) is 7.76. The minimum absolute atomic E-state index is 0.0358. The first-order valence-electron chi connectivity index (χ1n) is 6.03. The zero-order chi connectivity index (χ0) is 15.1. The average molecular weight is 362 g/mol. The lowest BCUT2D eigenvalue weighted by molar-refractivity contribution is -0.111. The highest BCUT2D eigenvalue weighted by Gasteiger charge is 2.37. The minimum Gasteiger partial charge on any atom is -0.462 e. The number of halogens is 1. The lowest BCUT2D eigenvalue weighted by Crippen LogP contribution is -2.25. The monoisotopic (exact) mass is 361 g/mol. The number of allylic oxidation sites excluding steroid dienone is 1. The summed E-state index contributed by atoms with van der Waals surface area (Å²) in [7, 11) is 1.54. The summed E-state index contributed by atoms with van der Waals surface area (Å²) in [4.78, 5) is 36.7. The molecule has 0 atom stereocenters. The van der Waals surface area contributed by atoms with Gasteiger partial charge in [0.1, 0.15) is 6.26 Å². The molecule has 4 nitrogen and oxygen atoms in total. The highest BCUT2D eigenvalue weighted by Crippen LogP contribution is 2.37. The van der Waals surface area contributed by atoms with Crippen LogP contribution in [0.4, 0.5) is 0 Å². The predicted molar refractivity (Wildman–Crippen MR) is 83.3 cm³/mol. The van der Waals surface area contributed by atoms with Gasteiger partial charge in [-0.2, -0.15) is 11.3 Å². The van der Waals surface area contributed by atoms with Crippen molar-refractivity contribution in [2.75, 3.05) is 0 Å². The molecule has 0 spiro atoms. The lowest BCUT2D eigenvalue weighted by Gasteiger charge is -2.13. The number of hydrogen-bond donors (Lipinski definition) is 0. The standard InChI is InChI=1S/C14H7BBrO4S/c1-15-9-10(16)14-8(12(18)13(9)19)7(4-20-14)11(17)6-2-3-21-5-6/h2-5H,1H3. The molecule has 2 aromatic rings. The average Bonchev–Trinajstić information content (AvgIpc) is 3.14. The van der Waals surface area contributed by atoms with Crippen LogP contribution in [0.3, 0.4) is 0 Å². The Morgan fingerprint density at radius 1 is 1.33 bits per heavy atom. The van der Waals surface area contributed by atoms with Crippen LogP contribution in [0.15, 0.2) is 33.0 Å². The van der Waals surface area contributed by atoms with Crippen LogP contribution in [0, 0.1) is 0 Å². The summed E-state index contributed by atoms with van der Waals surface area (Å²) in [5.74, 6) is -1.45. The van der Waals surface area contributed by atoms with Gasteiger partial charge in [-0.1, -0.05) is 6.82 Å². The Balaban J connectivity index is 2.19. The molecule has 1 radical (unpaired) electrons. The number of thiophene rings is 1. The molecule has 3 rings (SSSR count). The van der Waals surface area contributed by atoms with Gasteiger partial charge in [0.15, 0.2) is 18.8 Å². The van der Waals surface area contributed by atoms with Gasteiger partial charge in [-0.15, -0.1) is 0 Å². The van der Waals surface area contributed by atoms with Crippen molar-refractivity contribution in [2.24, 2.45) is 0 Å². The number of rotatable bonds is 3. The third kappa shape index (κ3) is 2.08. The van der Waals surface area contributed by atoms with Gasteiger partial charge < -0.3 is 4.42 Å². The fourth-order valence-corrected chi connectivity index (χ4v) is 3.51. The van der Waals surface area contributed by atoms with Crippen LogP contribution in [0.1, 0.15) is 32.0 Å². The molecule has 21 heavy (non-hydrogen) atoms. The van der Waals surface area contributed by atoms with Crippen molar-refractivity contribution in [3.05, 3.63) is 51.0 Å². The van der Waals surface area contributed by atoms with Crippen LogP contribution >= 0.6 is 27.3 Å². The van der Waals surface area contributed by atoms with E-state index in [2.05, 4.69) is 15.9 Å². The van der Waals surface area contributed by atoms with Crippen molar-refractivity contribution in [1.82, 2.24) is 0 Å². The van der Waals surface area contributed by atoms with E-state index in [-0.39, 0.29) is 28.1 Å². The van der Waals surface area contributed by atoms with Crippen LogP contribution in [-0.2, 0) is 4.79 Å². The van der Waals surface area contributed by atoms with E-state index in [0.29, 0.717) is 10.0 Å². The van der Waals surface area contributed by atoms with E-state index in [4.69, 9.17) is 4.42 Å². The first-order chi connectivity index (χ1) is 10.1. The number of ketones is 3. The van der Waals surface area contributed by atoms with Crippen LogP contribution < -0.4 is 0 Å². The Labute approximate surface area is 133 Å². The van der Waals surface area contributed by atoms with Crippen molar-refractivity contribution in [2.45, 2.75) is 6.82 Å². The maximum atomic E-state index is 12.4. The molecule has 0 unspecified atom stereocenters. The van der Waals surface area contributed by atoms with E-state index < -0.39 is 11.6 Å². The Morgan fingerprint density at radius 3 is 2.71 bits per heavy atom. The van der Waals surface area contributed by atoms with Crippen LogP contribution in [0.25, 0.3) is 4.48 Å². The van der Waals surface area contributed by atoms with Crippen molar-refractivity contribution in [3.8, 4) is 0 Å². The molecule has 0 saturated heterocycles. The molecule has 0 N–H and O–H groups in total. The molecular weight excluding hydrogens is 355 g/mol. The molecule has 0 bridgehead atoms. The highest BCUT2D eigenvalue weighted by atomic mass is 79.9. The third-order valence-corrected chi connectivity index (χ3v) is 4.69. The quantitative estimate of drug-likeness (QED) is 0.478. The topological polar surface area (TPSA) is 64.3 Å². The summed E-state index contributed by atoms with van der Waals surface area (Å²) in [6.07, 6.45) is 1.23. The summed E-state index contributed by atoms with van der Waals surface area (Å²) in [5, 5.41) is 3.46. The van der Waals surface area contributed by atoms with Crippen molar-refractivity contribution >= 4 is 56.4 Å². The Kier molecular flexibility index (Phi) is 3.55. The van der Waals surface area contributed by atoms with Gasteiger partial charge in [0.2, 0.25) is 11.6 Å². The molecule has 1 aliphatic carbocycles. The van der Waals surface area contributed by atoms with E-state index in [1.54, 1.807) is 23.6 Å². The van der Waals surface area contributed by atoms with Gasteiger partial charge in [0, 0.05) is 10.9 Å². The van der Waals surface area contributed by atoms with Crippen molar-refractivity contribution < 1.29 is 18.8 Å². The molecule has 0 amide bonds. The maximum Gasteiger partial charge on any atom is 0.236 e. The SMILES string of the molecule is C[B]C1=C(Br)c2occ(C(=O)c3ccsc3)c2C(=O)C1=O. The fourth-order valence-electron chi connectivity index (χ4n) is 2.18. The van der Waals surface area contributed by atoms with E-state index >= 15 is 0 Å². The lowest BCUT2D eigenvalue weighted by atomic mass is 9.67. The zero-order valence-electron chi connectivity index (χ0n) is 10.8. The van der Waals surface area contributed by atoms with Crippen LogP contribution in [-0.4, -0.2) is 24.6 Å². The Bertz CT molecular complexity index is 801. The second-order valence-corrected chi connectivity index (χ2v) is 5.94. The molecule has 103 valence electrons. The summed E-state index contributed by atoms with van der Waals surface area (Å²) >= 11 is 4.65. The van der Waals surface area contributed by atoms with Gasteiger partial charge in [-0.25, -0.2) is 0 Å². The van der Waals surface area contributed by atoms with Crippen LogP contribution in [0.2, 0.25) is 6.82 Å². The third-order valence-electron chi connectivity index (χ3n) is 3.22. The maximum absolute atomic E-state index is 12.4. The summed E-state index contributed by atoms with van der Waals surface area (Å²) < 4.78 is 5.75. The van der Waals surface area contributed by atoms with E-state index in [1.165, 1.54) is 24.9 Å². The van der Waals surface area contributed by atoms with Gasteiger partial charge in [-0.05, 0) is 32.8 Å². The molecule has 0 fully saturated rings. The summed E-state index contributed by atoms with van der Waals surface area (Å²) in [6, 6.07) is 1.66. The van der Waals surface area contributed by atoms with Gasteiger partial charge in [0.05, 0.1) is 15.6 Å². The number of furan rings is 1. The molecule has 0 saturated carbocycles. The van der Waals surface area contributed by atoms with Crippen molar-refractivity contribution in [3.63, 3.8) is 0 Å². The van der Waals surface area contributed by atoms with Crippen LogP contribution in [0.5, 0.6) is 0 Å². The highest BCUT2D eigenvalue weighted by molar-refractivity contribution is 9.15. The summed E-state index contributed by atoms with van der Waals surface area (Å²) in [5.41, 5.74) is 0.871. The Morgan fingerprint density at radius 2 is 2.10 bits per heavy atom. The molecule has 7 heteroatoms. The number of fused-ring (bicyclic) bond motifs is 1.